The van der Waals surface area contributed by atoms with Gasteiger partial charge >= 0.3 is 0 Å². The summed E-state index contributed by atoms with van der Waals surface area (Å²) in [6, 6.07) is 0. The zero-order valence-corrected chi connectivity index (χ0v) is 21.1. The van der Waals surface area contributed by atoms with Gasteiger partial charge in [-0.2, -0.15) is 0 Å². The highest BCUT2D eigenvalue weighted by molar-refractivity contribution is 5.29. The Labute approximate surface area is 196 Å². The molecular weight excluding hydrogens is 394 g/mol. The SMILES string of the molecule is C=C1[C@H](O)CC(=CC=C2CCC[C@]3(C)[C@@H](C(C)CN4CCCCC4(C)C)CC[C@@H]23)C[C@H]1O. The summed E-state index contributed by atoms with van der Waals surface area (Å²) >= 11 is 0. The van der Waals surface area contributed by atoms with E-state index in [0.717, 1.165) is 17.4 Å². The third-order valence-corrected chi connectivity index (χ3v) is 9.86. The molecule has 1 saturated heterocycles. The lowest BCUT2D eigenvalue weighted by atomic mass is 9.61. The lowest BCUT2D eigenvalue weighted by molar-refractivity contribution is 0.0256. The zero-order chi connectivity index (χ0) is 23.1. The molecule has 3 heteroatoms. The van der Waals surface area contributed by atoms with Gasteiger partial charge in [0, 0.05) is 12.1 Å². The van der Waals surface area contributed by atoms with Crippen molar-refractivity contribution in [3.63, 3.8) is 0 Å². The van der Waals surface area contributed by atoms with Crippen molar-refractivity contribution >= 4 is 0 Å². The number of nitrogens with zero attached hydrogens (tertiary/aromatic N) is 1. The Morgan fingerprint density at radius 1 is 1.03 bits per heavy atom. The molecule has 0 radical (unpaired) electrons. The molecular formula is C29H47NO2. The fourth-order valence-corrected chi connectivity index (χ4v) is 7.77. The molecule has 1 aliphatic heterocycles. The van der Waals surface area contributed by atoms with E-state index in [-0.39, 0.29) is 0 Å². The summed E-state index contributed by atoms with van der Waals surface area (Å²) in [5.41, 5.74) is 4.13. The molecule has 0 amide bonds. The van der Waals surface area contributed by atoms with Crippen molar-refractivity contribution in [2.45, 2.75) is 110 Å². The summed E-state index contributed by atoms with van der Waals surface area (Å²) in [5.74, 6) is 2.25. The van der Waals surface area contributed by atoms with E-state index in [1.807, 2.05) is 0 Å². The Kier molecular flexibility index (Phi) is 7.11. The van der Waals surface area contributed by atoms with Gasteiger partial charge in [0.1, 0.15) is 0 Å². The maximum Gasteiger partial charge on any atom is 0.0809 e. The number of aliphatic hydroxyl groups is 2. The van der Waals surface area contributed by atoms with E-state index < -0.39 is 12.2 Å². The van der Waals surface area contributed by atoms with Gasteiger partial charge < -0.3 is 10.2 Å². The Balaban J connectivity index is 1.46. The van der Waals surface area contributed by atoms with Crippen LogP contribution in [0.2, 0.25) is 0 Å². The minimum Gasteiger partial charge on any atom is -0.388 e. The fraction of sp³-hybridized carbons (Fsp3) is 0.793. The molecule has 4 rings (SSSR count). The molecule has 2 N–H and O–H groups in total. The first-order chi connectivity index (χ1) is 15.1. The summed E-state index contributed by atoms with van der Waals surface area (Å²) < 4.78 is 0. The van der Waals surface area contributed by atoms with Crippen molar-refractivity contribution in [2.24, 2.45) is 23.2 Å². The first-order valence-electron chi connectivity index (χ1n) is 13.3. The standard InChI is InChI=1S/C29H47NO2/c1-20(19-30-16-7-6-14-28(30,3)4)24-12-13-25-23(9-8-15-29(24,25)5)11-10-22-17-26(31)21(2)27(32)18-22/h10-11,20,24-27,31-32H,2,6-9,12-19H2,1,3-5H3/t20?,24-,25+,26-,27-,29-/m1/s1. The third kappa shape index (κ3) is 4.68. The van der Waals surface area contributed by atoms with Crippen LogP contribution in [0.25, 0.3) is 0 Å². The third-order valence-electron chi connectivity index (χ3n) is 9.86. The summed E-state index contributed by atoms with van der Waals surface area (Å²) in [6.45, 7) is 16.4. The van der Waals surface area contributed by atoms with Crippen LogP contribution in [0, 0.1) is 23.2 Å². The van der Waals surface area contributed by atoms with Gasteiger partial charge in [-0.1, -0.05) is 50.1 Å². The summed E-state index contributed by atoms with van der Waals surface area (Å²) in [4.78, 5) is 2.79. The van der Waals surface area contributed by atoms with Crippen molar-refractivity contribution in [1.29, 1.82) is 0 Å². The smallest absolute Gasteiger partial charge is 0.0809 e. The lowest BCUT2D eigenvalue weighted by Crippen LogP contribution is -2.50. The molecule has 0 aromatic heterocycles. The predicted molar refractivity (Wildman–Crippen MR) is 133 cm³/mol. The van der Waals surface area contributed by atoms with Crippen molar-refractivity contribution in [1.82, 2.24) is 4.90 Å². The number of piperidine rings is 1. The number of likely N-dealkylation sites (tertiary alicyclic amines) is 1. The Bertz CT molecular complexity index is 749. The molecule has 0 bridgehead atoms. The van der Waals surface area contributed by atoms with Crippen LogP contribution in [-0.2, 0) is 0 Å². The van der Waals surface area contributed by atoms with Crippen LogP contribution >= 0.6 is 0 Å². The van der Waals surface area contributed by atoms with Crippen LogP contribution in [-0.4, -0.2) is 45.9 Å². The monoisotopic (exact) mass is 441 g/mol. The van der Waals surface area contributed by atoms with E-state index in [2.05, 4.69) is 51.3 Å². The number of hydrogen-bond donors (Lipinski definition) is 2. The van der Waals surface area contributed by atoms with Crippen molar-refractivity contribution in [3.05, 3.63) is 35.5 Å². The van der Waals surface area contributed by atoms with Gasteiger partial charge in [0.05, 0.1) is 12.2 Å². The van der Waals surface area contributed by atoms with Crippen molar-refractivity contribution in [3.8, 4) is 0 Å². The van der Waals surface area contributed by atoms with Crippen LogP contribution < -0.4 is 0 Å². The highest BCUT2D eigenvalue weighted by atomic mass is 16.3. The molecule has 32 heavy (non-hydrogen) atoms. The fourth-order valence-electron chi connectivity index (χ4n) is 7.77. The van der Waals surface area contributed by atoms with Crippen LogP contribution in [0.15, 0.2) is 35.5 Å². The van der Waals surface area contributed by atoms with E-state index >= 15 is 0 Å². The number of allylic oxidation sites excluding steroid dienone is 3. The molecule has 3 nitrogen and oxygen atoms in total. The number of fused-ring (bicyclic) bond motifs is 1. The van der Waals surface area contributed by atoms with E-state index in [1.54, 1.807) is 5.57 Å². The van der Waals surface area contributed by atoms with Gasteiger partial charge in [-0.15, -0.1) is 0 Å². The largest absolute Gasteiger partial charge is 0.388 e. The second-order valence-electron chi connectivity index (χ2n) is 12.4. The molecule has 6 atom stereocenters. The van der Waals surface area contributed by atoms with Gasteiger partial charge in [-0.3, -0.25) is 4.90 Å². The molecule has 1 unspecified atom stereocenters. The van der Waals surface area contributed by atoms with E-state index in [4.69, 9.17) is 0 Å². The number of aliphatic hydroxyl groups excluding tert-OH is 2. The van der Waals surface area contributed by atoms with Gasteiger partial charge in [-0.25, -0.2) is 0 Å². The summed E-state index contributed by atoms with van der Waals surface area (Å²) in [6.07, 6.45) is 15.2. The molecule has 180 valence electrons. The normalized spacial score (nSPS) is 40.4. The minimum absolute atomic E-state index is 0.357. The second kappa shape index (κ2) is 9.39. The van der Waals surface area contributed by atoms with E-state index in [9.17, 15) is 10.2 Å². The van der Waals surface area contributed by atoms with Crippen LogP contribution in [0.1, 0.15) is 91.9 Å². The molecule has 0 aromatic rings. The maximum atomic E-state index is 10.2. The summed E-state index contributed by atoms with van der Waals surface area (Å²) in [7, 11) is 0. The summed E-state index contributed by atoms with van der Waals surface area (Å²) in [5, 5.41) is 20.4. The van der Waals surface area contributed by atoms with Crippen molar-refractivity contribution in [2.75, 3.05) is 13.1 Å². The second-order valence-corrected chi connectivity index (χ2v) is 12.4. The topological polar surface area (TPSA) is 43.7 Å². The van der Waals surface area contributed by atoms with Crippen LogP contribution in [0.4, 0.5) is 0 Å². The Hall–Kier alpha value is -0.900. The van der Waals surface area contributed by atoms with Gasteiger partial charge in [0.2, 0.25) is 0 Å². The predicted octanol–water partition coefficient (Wildman–Crippen LogP) is 6.03. The lowest BCUT2D eigenvalue weighted by Gasteiger charge is -2.48. The molecule has 3 saturated carbocycles. The highest BCUT2D eigenvalue weighted by Crippen LogP contribution is 2.59. The molecule has 3 aliphatic carbocycles. The number of hydrogen-bond acceptors (Lipinski definition) is 3. The Morgan fingerprint density at radius 2 is 1.75 bits per heavy atom. The van der Waals surface area contributed by atoms with Crippen LogP contribution in [0.3, 0.4) is 0 Å². The van der Waals surface area contributed by atoms with E-state index in [1.165, 1.54) is 64.5 Å². The van der Waals surface area contributed by atoms with E-state index in [0.29, 0.717) is 35.3 Å². The average molecular weight is 442 g/mol. The van der Waals surface area contributed by atoms with Gasteiger partial charge in [0.15, 0.2) is 0 Å². The quantitative estimate of drug-likeness (QED) is 0.524. The van der Waals surface area contributed by atoms with Gasteiger partial charge in [-0.05, 0) is 107 Å². The molecule has 4 fully saturated rings. The van der Waals surface area contributed by atoms with Crippen LogP contribution in [0.5, 0.6) is 0 Å². The zero-order valence-electron chi connectivity index (χ0n) is 21.1. The van der Waals surface area contributed by atoms with Gasteiger partial charge in [0.25, 0.3) is 0 Å². The highest BCUT2D eigenvalue weighted by Gasteiger charge is 2.51. The first kappa shape index (κ1) is 24.2. The minimum atomic E-state index is -0.601. The average Bonchev–Trinajstić information content (AvgIpc) is 3.09. The first-order valence-corrected chi connectivity index (χ1v) is 13.3. The number of rotatable bonds is 4. The molecule has 4 aliphatic rings. The molecule has 0 aromatic carbocycles. The molecule has 0 spiro atoms. The maximum absolute atomic E-state index is 10.2. The molecule has 1 heterocycles. The Morgan fingerprint density at radius 3 is 2.44 bits per heavy atom. The van der Waals surface area contributed by atoms with Crippen molar-refractivity contribution < 1.29 is 10.2 Å².